The molecule has 1 atom stereocenters. The van der Waals surface area contributed by atoms with Gasteiger partial charge < -0.3 is 10.2 Å². The fourth-order valence-corrected chi connectivity index (χ4v) is 3.63. The average Bonchev–Trinajstić information content (AvgIpc) is 3.12. The quantitative estimate of drug-likeness (QED) is 0.876. The Hall–Kier alpha value is -1.62. The summed E-state index contributed by atoms with van der Waals surface area (Å²) < 4.78 is 0. The lowest BCUT2D eigenvalue weighted by molar-refractivity contribution is 0.215. The van der Waals surface area contributed by atoms with Crippen LogP contribution in [0.15, 0.2) is 18.3 Å². The third-order valence-electron chi connectivity index (χ3n) is 5.13. The van der Waals surface area contributed by atoms with Gasteiger partial charge in [0.15, 0.2) is 0 Å². The second-order valence-corrected chi connectivity index (χ2v) is 6.78. The minimum atomic E-state index is -0.000720. The number of nitrogens with one attached hydrogen (secondary N) is 2. The van der Waals surface area contributed by atoms with Crippen molar-refractivity contribution in [3.05, 3.63) is 23.9 Å². The number of hydrogen-bond acceptors (Lipinski definition) is 3. The van der Waals surface area contributed by atoms with Crippen molar-refractivity contribution >= 4 is 11.8 Å². The van der Waals surface area contributed by atoms with Crippen molar-refractivity contribution in [3.8, 4) is 0 Å². The molecule has 3 aliphatic rings. The highest BCUT2D eigenvalue weighted by atomic mass is 16.2. The standard InChI is InChI=1S/C16H22N4O/c21-15(20-8-5-16(11-20)4-7-17-10-16)19-14-9-13(3-6-18-14)12-1-2-12/h3,6,9,12,17H,1-2,4-5,7-8,10-11H2,(H,18,19,21). The van der Waals surface area contributed by atoms with E-state index < -0.39 is 0 Å². The Labute approximate surface area is 125 Å². The normalized spacial score (nSPS) is 28.3. The molecule has 2 N–H and O–H groups in total. The number of carbonyl (C=O) groups excluding carboxylic acids is 1. The average molecular weight is 286 g/mol. The van der Waals surface area contributed by atoms with Crippen LogP contribution in [0.4, 0.5) is 10.6 Å². The highest BCUT2D eigenvalue weighted by molar-refractivity contribution is 5.88. The van der Waals surface area contributed by atoms with Gasteiger partial charge in [-0.25, -0.2) is 9.78 Å². The Morgan fingerprint density at radius 1 is 1.43 bits per heavy atom. The van der Waals surface area contributed by atoms with Crippen LogP contribution in [-0.4, -0.2) is 42.1 Å². The molecule has 2 amide bonds. The van der Waals surface area contributed by atoms with E-state index >= 15 is 0 Å². The summed E-state index contributed by atoms with van der Waals surface area (Å²) in [5.41, 5.74) is 1.62. The lowest BCUT2D eigenvalue weighted by atomic mass is 9.87. The first-order valence-electron chi connectivity index (χ1n) is 7.97. The highest BCUT2D eigenvalue weighted by Gasteiger charge is 2.41. The molecule has 3 heterocycles. The number of anilines is 1. The number of nitrogens with zero attached hydrogens (tertiary/aromatic N) is 2. The minimum absolute atomic E-state index is 0.000720. The smallest absolute Gasteiger partial charge is 0.323 e. The summed E-state index contributed by atoms with van der Waals surface area (Å²) in [5.74, 6) is 1.37. The first-order chi connectivity index (χ1) is 10.2. The van der Waals surface area contributed by atoms with Gasteiger partial charge >= 0.3 is 6.03 Å². The molecule has 5 nitrogen and oxygen atoms in total. The van der Waals surface area contributed by atoms with Crippen LogP contribution < -0.4 is 10.6 Å². The molecule has 1 aliphatic carbocycles. The zero-order valence-electron chi connectivity index (χ0n) is 12.3. The number of hydrogen-bond donors (Lipinski definition) is 2. The Kier molecular flexibility index (Phi) is 3.10. The van der Waals surface area contributed by atoms with Gasteiger partial charge in [0.2, 0.25) is 0 Å². The van der Waals surface area contributed by atoms with Gasteiger partial charge in [-0.05, 0) is 55.8 Å². The SMILES string of the molecule is O=C(Nc1cc(C2CC2)ccn1)N1CCC2(CCNC2)C1. The van der Waals surface area contributed by atoms with Crippen molar-refractivity contribution in [2.45, 2.75) is 31.6 Å². The lowest BCUT2D eigenvalue weighted by Gasteiger charge is -2.22. The van der Waals surface area contributed by atoms with Crippen LogP contribution in [0.5, 0.6) is 0 Å². The topological polar surface area (TPSA) is 57.3 Å². The largest absolute Gasteiger partial charge is 0.324 e. The first kappa shape index (κ1) is 13.1. The zero-order chi connectivity index (χ0) is 14.3. The predicted molar refractivity (Wildman–Crippen MR) is 81.3 cm³/mol. The first-order valence-corrected chi connectivity index (χ1v) is 7.97. The molecule has 2 aliphatic heterocycles. The summed E-state index contributed by atoms with van der Waals surface area (Å²) in [6, 6.07) is 4.08. The second kappa shape index (κ2) is 4.98. The van der Waals surface area contributed by atoms with Crippen LogP contribution in [0.1, 0.15) is 37.2 Å². The second-order valence-electron chi connectivity index (χ2n) is 6.78. The van der Waals surface area contributed by atoms with Crippen LogP contribution in [0, 0.1) is 5.41 Å². The van der Waals surface area contributed by atoms with E-state index in [1.165, 1.54) is 24.8 Å². The molecule has 1 saturated carbocycles. The maximum absolute atomic E-state index is 12.4. The van der Waals surface area contributed by atoms with E-state index in [0.29, 0.717) is 17.2 Å². The number of pyridine rings is 1. The van der Waals surface area contributed by atoms with E-state index in [0.717, 1.165) is 32.6 Å². The molecule has 1 aromatic rings. The molecule has 1 spiro atoms. The van der Waals surface area contributed by atoms with Crippen molar-refractivity contribution in [3.63, 3.8) is 0 Å². The van der Waals surface area contributed by atoms with Crippen LogP contribution in [0.25, 0.3) is 0 Å². The number of urea groups is 1. The lowest BCUT2D eigenvalue weighted by Crippen LogP contribution is -2.36. The molecule has 4 rings (SSSR count). The number of rotatable bonds is 2. The Balaban J connectivity index is 1.40. The van der Waals surface area contributed by atoms with E-state index in [9.17, 15) is 4.79 Å². The monoisotopic (exact) mass is 286 g/mol. The van der Waals surface area contributed by atoms with Crippen molar-refractivity contribution in [2.24, 2.45) is 5.41 Å². The van der Waals surface area contributed by atoms with Crippen LogP contribution in [0.2, 0.25) is 0 Å². The molecule has 0 radical (unpaired) electrons. The third kappa shape index (κ3) is 2.62. The zero-order valence-corrected chi connectivity index (χ0v) is 12.3. The van der Waals surface area contributed by atoms with E-state index in [1.807, 2.05) is 11.0 Å². The van der Waals surface area contributed by atoms with Crippen molar-refractivity contribution in [1.29, 1.82) is 0 Å². The Morgan fingerprint density at radius 3 is 3.10 bits per heavy atom. The van der Waals surface area contributed by atoms with E-state index in [-0.39, 0.29) is 6.03 Å². The van der Waals surface area contributed by atoms with Gasteiger partial charge in [0, 0.05) is 31.2 Å². The molecular formula is C16H22N4O. The molecule has 0 aromatic carbocycles. The van der Waals surface area contributed by atoms with E-state index in [1.54, 1.807) is 6.20 Å². The Bertz CT molecular complexity index is 549. The van der Waals surface area contributed by atoms with Gasteiger partial charge in [-0.15, -0.1) is 0 Å². The summed E-state index contributed by atoms with van der Waals surface area (Å²) >= 11 is 0. The highest BCUT2D eigenvalue weighted by Crippen LogP contribution is 2.40. The van der Waals surface area contributed by atoms with Crippen LogP contribution in [0.3, 0.4) is 0 Å². The summed E-state index contributed by atoms with van der Waals surface area (Å²) in [6.45, 7) is 3.86. The molecule has 21 heavy (non-hydrogen) atoms. The molecule has 0 bridgehead atoms. The number of amides is 2. The van der Waals surface area contributed by atoms with Crippen molar-refractivity contribution in [1.82, 2.24) is 15.2 Å². The van der Waals surface area contributed by atoms with Gasteiger partial charge in [-0.2, -0.15) is 0 Å². The van der Waals surface area contributed by atoms with Gasteiger partial charge in [-0.1, -0.05) is 0 Å². The number of likely N-dealkylation sites (tertiary alicyclic amines) is 1. The molecule has 1 unspecified atom stereocenters. The Morgan fingerprint density at radius 2 is 2.33 bits per heavy atom. The summed E-state index contributed by atoms with van der Waals surface area (Å²) in [6.07, 6.45) is 6.63. The maximum atomic E-state index is 12.4. The van der Waals surface area contributed by atoms with E-state index in [2.05, 4.69) is 21.7 Å². The molecule has 1 aromatic heterocycles. The fourth-order valence-electron chi connectivity index (χ4n) is 3.63. The summed E-state index contributed by atoms with van der Waals surface area (Å²) in [5, 5.41) is 6.39. The van der Waals surface area contributed by atoms with Crippen molar-refractivity contribution < 1.29 is 4.79 Å². The maximum Gasteiger partial charge on any atom is 0.323 e. The predicted octanol–water partition coefficient (Wildman–Crippen LogP) is 2.18. The number of carbonyl (C=O) groups is 1. The van der Waals surface area contributed by atoms with Crippen LogP contribution in [-0.2, 0) is 0 Å². The molecule has 3 fully saturated rings. The van der Waals surface area contributed by atoms with Gasteiger partial charge in [-0.3, -0.25) is 5.32 Å². The molecule has 112 valence electrons. The minimum Gasteiger partial charge on any atom is -0.324 e. The molecule has 5 heteroatoms. The summed E-state index contributed by atoms with van der Waals surface area (Å²) in [7, 11) is 0. The third-order valence-corrected chi connectivity index (χ3v) is 5.13. The number of aromatic nitrogens is 1. The van der Waals surface area contributed by atoms with Gasteiger partial charge in [0.1, 0.15) is 5.82 Å². The van der Waals surface area contributed by atoms with Crippen LogP contribution >= 0.6 is 0 Å². The molecule has 2 saturated heterocycles. The van der Waals surface area contributed by atoms with Crippen molar-refractivity contribution in [2.75, 3.05) is 31.5 Å². The van der Waals surface area contributed by atoms with Gasteiger partial charge in [0.25, 0.3) is 0 Å². The molecular weight excluding hydrogens is 264 g/mol. The fraction of sp³-hybridized carbons (Fsp3) is 0.625. The van der Waals surface area contributed by atoms with E-state index in [4.69, 9.17) is 0 Å². The summed E-state index contributed by atoms with van der Waals surface area (Å²) in [4.78, 5) is 18.6. The van der Waals surface area contributed by atoms with Gasteiger partial charge in [0.05, 0.1) is 0 Å².